The maximum Gasteiger partial charge on any atom is 0.276 e. The van der Waals surface area contributed by atoms with E-state index in [9.17, 15) is 9.59 Å². The van der Waals surface area contributed by atoms with E-state index in [1.54, 1.807) is 15.5 Å². The van der Waals surface area contributed by atoms with Crippen LogP contribution in [0.25, 0.3) is 10.9 Å². The summed E-state index contributed by atoms with van der Waals surface area (Å²) in [4.78, 5) is 28.2. The SMILES string of the molecule is CCC(CC)NC(=O)C1CN(C(=O)c2c(Cl)c3ccccc3n2C)c2ccccc2O1. The van der Waals surface area contributed by atoms with Crippen LogP contribution in [0.2, 0.25) is 5.02 Å². The average molecular weight is 440 g/mol. The fourth-order valence-electron chi connectivity index (χ4n) is 4.06. The van der Waals surface area contributed by atoms with Gasteiger partial charge in [0.2, 0.25) is 0 Å². The second-order valence-electron chi connectivity index (χ2n) is 7.75. The Hall–Kier alpha value is -2.99. The van der Waals surface area contributed by atoms with Gasteiger partial charge in [-0.05, 0) is 31.0 Å². The van der Waals surface area contributed by atoms with E-state index in [4.69, 9.17) is 16.3 Å². The molecule has 0 radical (unpaired) electrons. The summed E-state index contributed by atoms with van der Waals surface area (Å²) in [7, 11) is 1.82. The molecule has 0 bridgehead atoms. The van der Waals surface area contributed by atoms with E-state index in [0.717, 1.165) is 23.7 Å². The van der Waals surface area contributed by atoms with E-state index in [1.807, 2.05) is 63.4 Å². The maximum atomic E-state index is 13.7. The minimum atomic E-state index is -0.798. The van der Waals surface area contributed by atoms with Crippen LogP contribution in [-0.4, -0.2) is 35.1 Å². The summed E-state index contributed by atoms with van der Waals surface area (Å²) in [6.07, 6.45) is 0.868. The van der Waals surface area contributed by atoms with Gasteiger partial charge in [0, 0.05) is 24.0 Å². The number of carbonyl (C=O) groups is 2. The molecule has 3 aromatic rings. The highest BCUT2D eigenvalue weighted by atomic mass is 35.5. The number of anilines is 1. The highest BCUT2D eigenvalue weighted by Crippen LogP contribution is 2.37. The monoisotopic (exact) mass is 439 g/mol. The van der Waals surface area contributed by atoms with Gasteiger partial charge in [-0.15, -0.1) is 0 Å². The van der Waals surface area contributed by atoms with Gasteiger partial charge in [-0.2, -0.15) is 0 Å². The van der Waals surface area contributed by atoms with Crippen molar-refractivity contribution < 1.29 is 14.3 Å². The molecule has 1 aromatic heterocycles. The number of ether oxygens (including phenoxy) is 1. The first-order valence-corrected chi connectivity index (χ1v) is 10.9. The van der Waals surface area contributed by atoms with E-state index < -0.39 is 6.10 Å². The summed E-state index contributed by atoms with van der Waals surface area (Å²) in [6.45, 7) is 4.17. The first-order chi connectivity index (χ1) is 15.0. The minimum absolute atomic E-state index is 0.0741. The van der Waals surface area contributed by atoms with Gasteiger partial charge in [0.25, 0.3) is 11.8 Å². The van der Waals surface area contributed by atoms with Crippen molar-refractivity contribution in [3.8, 4) is 5.75 Å². The third-order valence-corrected chi connectivity index (χ3v) is 6.27. The van der Waals surface area contributed by atoms with Crippen molar-refractivity contribution in [3.05, 3.63) is 59.2 Å². The van der Waals surface area contributed by atoms with Crippen molar-refractivity contribution in [1.82, 2.24) is 9.88 Å². The molecule has 1 aliphatic heterocycles. The fourth-order valence-corrected chi connectivity index (χ4v) is 4.43. The molecule has 0 fully saturated rings. The quantitative estimate of drug-likeness (QED) is 0.634. The average Bonchev–Trinajstić information content (AvgIpc) is 3.06. The second-order valence-corrected chi connectivity index (χ2v) is 8.13. The zero-order chi connectivity index (χ0) is 22.1. The number of benzene rings is 2. The summed E-state index contributed by atoms with van der Waals surface area (Å²) >= 11 is 6.63. The van der Waals surface area contributed by atoms with Crippen molar-refractivity contribution in [2.45, 2.75) is 38.8 Å². The highest BCUT2D eigenvalue weighted by molar-refractivity contribution is 6.39. The molecular formula is C24H26ClN3O3. The molecular weight excluding hydrogens is 414 g/mol. The van der Waals surface area contributed by atoms with Crippen LogP contribution in [0.1, 0.15) is 37.2 Å². The number of aryl methyl sites for hydroxylation is 1. The van der Waals surface area contributed by atoms with E-state index in [0.29, 0.717) is 22.2 Å². The number of aromatic nitrogens is 1. The molecule has 1 unspecified atom stereocenters. The Bertz CT molecular complexity index is 1100. The zero-order valence-corrected chi connectivity index (χ0v) is 18.6. The summed E-state index contributed by atoms with van der Waals surface area (Å²) < 4.78 is 7.78. The zero-order valence-electron chi connectivity index (χ0n) is 17.9. The van der Waals surface area contributed by atoms with E-state index in [1.165, 1.54) is 0 Å². The molecule has 0 aliphatic carbocycles. The maximum absolute atomic E-state index is 13.7. The number of halogens is 1. The predicted molar refractivity (Wildman–Crippen MR) is 123 cm³/mol. The van der Waals surface area contributed by atoms with Crippen LogP contribution in [0, 0.1) is 0 Å². The first kappa shape index (κ1) is 21.2. The molecule has 4 rings (SSSR count). The van der Waals surface area contributed by atoms with Gasteiger partial charge in [-0.25, -0.2) is 0 Å². The molecule has 2 aromatic carbocycles. The van der Waals surface area contributed by atoms with Crippen LogP contribution in [0.15, 0.2) is 48.5 Å². The van der Waals surface area contributed by atoms with Crippen molar-refractivity contribution in [1.29, 1.82) is 0 Å². The Kier molecular flexibility index (Phi) is 5.92. The van der Waals surface area contributed by atoms with Crippen LogP contribution in [-0.2, 0) is 11.8 Å². The van der Waals surface area contributed by atoms with Gasteiger partial charge < -0.3 is 14.6 Å². The van der Waals surface area contributed by atoms with Crippen molar-refractivity contribution in [2.24, 2.45) is 7.05 Å². The van der Waals surface area contributed by atoms with Crippen LogP contribution in [0.5, 0.6) is 5.75 Å². The largest absolute Gasteiger partial charge is 0.477 e. The van der Waals surface area contributed by atoms with Gasteiger partial charge in [-0.1, -0.05) is 55.8 Å². The van der Waals surface area contributed by atoms with Crippen LogP contribution >= 0.6 is 11.6 Å². The molecule has 162 valence electrons. The van der Waals surface area contributed by atoms with E-state index >= 15 is 0 Å². The first-order valence-electron chi connectivity index (χ1n) is 10.6. The molecule has 7 heteroatoms. The van der Waals surface area contributed by atoms with Gasteiger partial charge in [0.1, 0.15) is 11.4 Å². The van der Waals surface area contributed by atoms with Gasteiger partial charge in [0.15, 0.2) is 6.10 Å². The molecule has 1 N–H and O–H groups in total. The number of fused-ring (bicyclic) bond motifs is 2. The number of para-hydroxylation sites is 3. The lowest BCUT2D eigenvalue weighted by Crippen LogP contribution is -2.52. The standard InChI is InChI=1S/C24H26ClN3O3/c1-4-15(5-2)26-23(29)20-14-28(18-12-8-9-13-19(18)31-20)24(30)22-21(25)16-10-6-7-11-17(16)27(22)3/h6-13,15,20H,4-5,14H2,1-3H3,(H,26,29). The topological polar surface area (TPSA) is 63.6 Å². The Morgan fingerprint density at radius 1 is 1.13 bits per heavy atom. The molecule has 0 saturated heterocycles. The fraction of sp³-hybridized carbons (Fsp3) is 0.333. The van der Waals surface area contributed by atoms with E-state index in [-0.39, 0.29) is 24.4 Å². The summed E-state index contributed by atoms with van der Waals surface area (Å²) in [5.41, 5.74) is 1.89. The van der Waals surface area contributed by atoms with Gasteiger partial charge in [-0.3, -0.25) is 14.5 Å². The Balaban J connectivity index is 1.72. The number of hydrogen-bond acceptors (Lipinski definition) is 3. The Morgan fingerprint density at radius 3 is 2.52 bits per heavy atom. The predicted octanol–water partition coefficient (Wildman–Crippen LogP) is 4.54. The number of hydrogen-bond donors (Lipinski definition) is 1. The number of nitrogens with zero attached hydrogens (tertiary/aromatic N) is 2. The molecule has 0 saturated carbocycles. The number of rotatable bonds is 5. The summed E-state index contributed by atoms with van der Waals surface area (Å²) in [6, 6.07) is 15.0. The van der Waals surface area contributed by atoms with Crippen molar-refractivity contribution >= 4 is 40.0 Å². The van der Waals surface area contributed by atoms with Crippen molar-refractivity contribution in [2.75, 3.05) is 11.4 Å². The normalized spacial score (nSPS) is 15.6. The van der Waals surface area contributed by atoms with Crippen molar-refractivity contribution in [3.63, 3.8) is 0 Å². The third-order valence-electron chi connectivity index (χ3n) is 5.89. The Labute approximate surface area is 186 Å². The summed E-state index contributed by atoms with van der Waals surface area (Å²) in [5, 5.41) is 4.25. The highest BCUT2D eigenvalue weighted by Gasteiger charge is 2.36. The van der Waals surface area contributed by atoms with Crippen LogP contribution < -0.4 is 15.0 Å². The molecule has 0 spiro atoms. The lowest BCUT2D eigenvalue weighted by Gasteiger charge is -2.34. The van der Waals surface area contributed by atoms with Gasteiger partial charge in [0.05, 0.1) is 17.3 Å². The number of nitrogens with one attached hydrogen (secondary N) is 1. The third kappa shape index (κ3) is 3.76. The molecule has 2 amide bonds. The second kappa shape index (κ2) is 8.63. The number of amides is 2. The Morgan fingerprint density at radius 2 is 1.81 bits per heavy atom. The number of carbonyl (C=O) groups excluding carboxylic acids is 2. The smallest absolute Gasteiger partial charge is 0.276 e. The molecule has 6 nitrogen and oxygen atoms in total. The van der Waals surface area contributed by atoms with Crippen LogP contribution in [0.3, 0.4) is 0 Å². The molecule has 2 heterocycles. The molecule has 31 heavy (non-hydrogen) atoms. The van der Waals surface area contributed by atoms with Gasteiger partial charge >= 0.3 is 0 Å². The molecule has 1 aliphatic rings. The lowest BCUT2D eigenvalue weighted by atomic mass is 10.1. The molecule has 1 atom stereocenters. The summed E-state index contributed by atoms with van der Waals surface area (Å²) in [5.74, 6) is 0.0191. The van der Waals surface area contributed by atoms with Crippen LogP contribution in [0.4, 0.5) is 5.69 Å². The lowest BCUT2D eigenvalue weighted by molar-refractivity contribution is -0.128. The van der Waals surface area contributed by atoms with E-state index in [2.05, 4.69) is 5.32 Å². The minimum Gasteiger partial charge on any atom is -0.477 e.